The molecule has 2 N–H and O–H groups in total. The SMILES string of the molecule is Cc1ccc2c(c1)N(CCCS(=O)(=O)O)/C(=C/c1oc3ccccc3[n+]1CCCS(=O)(=O)O)S2. The molecule has 0 amide bonds. The van der Waals surface area contributed by atoms with E-state index in [0.29, 0.717) is 24.6 Å². The van der Waals surface area contributed by atoms with Crippen molar-refractivity contribution in [1.29, 1.82) is 0 Å². The predicted molar refractivity (Wildman–Crippen MR) is 131 cm³/mol. The molecule has 0 radical (unpaired) electrons. The van der Waals surface area contributed by atoms with E-state index in [2.05, 4.69) is 0 Å². The van der Waals surface area contributed by atoms with E-state index in [1.807, 2.05) is 64.9 Å². The first-order valence-corrected chi connectivity index (χ1v) is 14.6. The van der Waals surface area contributed by atoms with Crippen LogP contribution in [0.3, 0.4) is 0 Å². The summed E-state index contributed by atoms with van der Waals surface area (Å²) < 4.78 is 71.0. The zero-order valence-electron chi connectivity index (χ0n) is 18.4. The van der Waals surface area contributed by atoms with Gasteiger partial charge in [-0.15, -0.1) is 0 Å². The quantitative estimate of drug-likeness (QED) is 0.318. The van der Waals surface area contributed by atoms with Crippen LogP contribution in [0.5, 0.6) is 0 Å². The molecule has 0 saturated carbocycles. The highest BCUT2D eigenvalue weighted by Gasteiger charge is 2.29. The van der Waals surface area contributed by atoms with Crippen LogP contribution in [-0.4, -0.2) is 44.0 Å². The van der Waals surface area contributed by atoms with E-state index in [4.69, 9.17) is 13.5 Å². The van der Waals surface area contributed by atoms with Gasteiger partial charge in [0.1, 0.15) is 0 Å². The van der Waals surface area contributed by atoms with Crippen LogP contribution < -0.4 is 9.47 Å². The highest BCUT2D eigenvalue weighted by atomic mass is 32.2. The molecule has 0 aliphatic carbocycles. The van der Waals surface area contributed by atoms with Gasteiger partial charge < -0.3 is 9.32 Å². The van der Waals surface area contributed by atoms with E-state index in [1.54, 1.807) is 0 Å². The first kappa shape index (κ1) is 24.7. The lowest BCUT2D eigenvalue weighted by molar-refractivity contribution is -0.677. The monoisotopic (exact) mass is 525 g/mol. The van der Waals surface area contributed by atoms with Gasteiger partial charge in [0.05, 0.1) is 28.3 Å². The number of hydrogen-bond donors (Lipinski definition) is 2. The molecule has 0 atom stereocenters. The Balaban J connectivity index is 1.70. The van der Waals surface area contributed by atoms with Gasteiger partial charge in [0.2, 0.25) is 5.58 Å². The molecular weight excluding hydrogens is 500 g/mol. The number of anilines is 1. The van der Waals surface area contributed by atoms with Gasteiger partial charge in [0, 0.05) is 23.9 Å². The highest BCUT2D eigenvalue weighted by Crippen LogP contribution is 2.47. The smallest absolute Gasteiger partial charge is 0.376 e. The molecular formula is C22H25N2O7S3+. The Labute approximate surface area is 202 Å². The van der Waals surface area contributed by atoms with E-state index in [9.17, 15) is 16.8 Å². The van der Waals surface area contributed by atoms with Crippen LogP contribution >= 0.6 is 11.8 Å². The van der Waals surface area contributed by atoms with Crippen molar-refractivity contribution in [2.24, 2.45) is 0 Å². The van der Waals surface area contributed by atoms with Crippen molar-refractivity contribution in [2.45, 2.75) is 31.2 Å². The molecule has 9 nitrogen and oxygen atoms in total. The fourth-order valence-corrected chi connectivity index (χ4v) is 5.94. The number of aromatic nitrogens is 1. The summed E-state index contributed by atoms with van der Waals surface area (Å²) in [5.74, 6) is -0.206. The second kappa shape index (κ2) is 9.70. The summed E-state index contributed by atoms with van der Waals surface area (Å²) in [7, 11) is -8.15. The first-order chi connectivity index (χ1) is 16.0. The third-order valence-corrected chi connectivity index (χ3v) is 8.06. The maximum atomic E-state index is 11.2. The van der Waals surface area contributed by atoms with Gasteiger partial charge in [0.25, 0.3) is 25.8 Å². The number of nitrogens with zero attached hydrogens (tertiary/aromatic N) is 2. The molecule has 0 bridgehead atoms. The highest BCUT2D eigenvalue weighted by molar-refractivity contribution is 8.03. The molecule has 34 heavy (non-hydrogen) atoms. The van der Waals surface area contributed by atoms with Gasteiger partial charge in [-0.05, 0) is 37.1 Å². The van der Waals surface area contributed by atoms with Crippen LogP contribution in [0.1, 0.15) is 24.3 Å². The minimum Gasteiger partial charge on any atom is -0.398 e. The first-order valence-electron chi connectivity index (χ1n) is 10.6. The van der Waals surface area contributed by atoms with Gasteiger partial charge in [-0.25, -0.2) is 0 Å². The number of thioether (sulfide) groups is 1. The zero-order valence-corrected chi connectivity index (χ0v) is 20.9. The normalized spacial score (nSPS) is 15.4. The van der Waals surface area contributed by atoms with Crippen molar-refractivity contribution in [3.05, 3.63) is 58.9 Å². The molecule has 2 heterocycles. The number of oxazole rings is 1. The van der Waals surface area contributed by atoms with Crippen molar-refractivity contribution in [1.82, 2.24) is 0 Å². The standard InChI is InChI=1S/C22H24N2O7S3/c1-16-8-9-20-18(14-16)24(11-5-13-34(28,29)30)22(32-20)15-21-23(10-4-12-33(25,26)27)17-6-2-3-7-19(17)31-21/h2-3,6-9,14-15H,4-5,10-13H2,1H3,(H-,25,26,27,28,29,30)/p+1. The van der Waals surface area contributed by atoms with Crippen molar-refractivity contribution >= 4 is 54.9 Å². The van der Waals surface area contributed by atoms with E-state index < -0.39 is 20.2 Å². The number of hydrogen-bond acceptors (Lipinski definition) is 7. The maximum Gasteiger partial charge on any atom is 0.376 e. The summed E-state index contributed by atoms with van der Waals surface area (Å²) >= 11 is 1.52. The van der Waals surface area contributed by atoms with Crippen LogP contribution in [0.2, 0.25) is 0 Å². The number of benzene rings is 2. The van der Waals surface area contributed by atoms with Crippen molar-refractivity contribution in [3.63, 3.8) is 0 Å². The van der Waals surface area contributed by atoms with Crippen molar-refractivity contribution in [2.75, 3.05) is 23.0 Å². The van der Waals surface area contributed by atoms with Gasteiger partial charge in [-0.1, -0.05) is 30.0 Å². The maximum absolute atomic E-state index is 11.2. The van der Waals surface area contributed by atoms with Crippen LogP contribution in [0.15, 0.2) is 56.8 Å². The lowest BCUT2D eigenvalue weighted by atomic mass is 10.2. The number of rotatable bonds is 9. The largest absolute Gasteiger partial charge is 0.398 e. The van der Waals surface area contributed by atoms with Crippen molar-refractivity contribution < 1.29 is 34.9 Å². The number of para-hydroxylation sites is 2. The fraction of sp³-hybridized carbons (Fsp3) is 0.318. The lowest BCUT2D eigenvalue weighted by Crippen LogP contribution is -2.36. The molecule has 182 valence electrons. The zero-order chi connectivity index (χ0) is 24.5. The van der Waals surface area contributed by atoms with Gasteiger partial charge in [-0.2, -0.15) is 21.4 Å². The van der Waals surface area contributed by atoms with E-state index >= 15 is 0 Å². The Hall–Kier alpha value is -2.38. The molecule has 1 aromatic heterocycles. The van der Waals surface area contributed by atoms with E-state index in [1.165, 1.54) is 11.8 Å². The fourth-order valence-electron chi connectivity index (χ4n) is 3.86. The van der Waals surface area contributed by atoms with Gasteiger partial charge in [-0.3, -0.25) is 9.11 Å². The third kappa shape index (κ3) is 5.99. The molecule has 4 rings (SSSR count). The number of fused-ring (bicyclic) bond motifs is 2. The van der Waals surface area contributed by atoms with Crippen LogP contribution in [0, 0.1) is 6.92 Å². The topological polar surface area (TPSA) is 129 Å². The Bertz CT molecular complexity index is 1460. The average Bonchev–Trinajstić information content (AvgIpc) is 3.24. The van der Waals surface area contributed by atoms with E-state index in [-0.39, 0.29) is 24.3 Å². The molecule has 0 unspecified atom stereocenters. The molecule has 0 fully saturated rings. The van der Waals surface area contributed by atoms with Crippen LogP contribution in [-0.2, 0) is 26.8 Å². The lowest BCUT2D eigenvalue weighted by Gasteiger charge is -2.20. The van der Waals surface area contributed by atoms with Crippen LogP contribution in [0.4, 0.5) is 5.69 Å². The summed E-state index contributed by atoms with van der Waals surface area (Å²) in [4.78, 5) is 3.01. The molecule has 3 aromatic rings. The summed E-state index contributed by atoms with van der Waals surface area (Å²) in [6.45, 7) is 2.67. The van der Waals surface area contributed by atoms with Crippen molar-refractivity contribution in [3.8, 4) is 0 Å². The second-order valence-electron chi connectivity index (χ2n) is 8.05. The van der Waals surface area contributed by atoms with Gasteiger partial charge in [0.15, 0.2) is 6.54 Å². The molecule has 1 aliphatic heterocycles. The Kier molecular flexibility index (Phi) is 7.06. The molecule has 1 aliphatic rings. The molecule has 0 saturated heterocycles. The second-order valence-corrected chi connectivity index (χ2v) is 12.3. The number of aryl methyl sites for hydroxylation is 2. The summed E-state index contributed by atoms with van der Waals surface area (Å²) in [6, 6.07) is 13.4. The minimum atomic E-state index is -4.08. The summed E-state index contributed by atoms with van der Waals surface area (Å²) in [5.41, 5.74) is 3.43. The van der Waals surface area contributed by atoms with Crippen LogP contribution in [0.25, 0.3) is 17.2 Å². The Morgan fingerprint density at radius 1 is 1.03 bits per heavy atom. The minimum absolute atomic E-state index is 0.202. The third-order valence-electron chi connectivity index (χ3n) is 5.34. The van der Waals surface area contributed by atoms with E-state index in [0.717, 1.165) is 26.7 Å². The Morgan fingerprint density at radius 3 is 2.47 bits per heavy atom. The molecule has 0 spiro atoms. The molecule has 12 heteroatoms. The Morgan fingerprint density at radius 2 is 1.74 bits per heavy atom. The predicted octanol–water partition coefficient (Wildman–Crippen LogP) is 3.50. The summed E-state index contributed by atoms with van der Waals surface area (Å²) in [5, 5.41) is 0.818. The summed E-state index contributed by atoms with van der Waals surface area (Å²) in [6.07, 6.45) is 2.29. The van der Waals surface area contributed by atoms with Gasteiger partial charge >= 0.3 is 5.89 Å². The molecule has 2 aromatic carbocycles. The average molecular weight is 526 g/mol.